The molecule has 1 aliphatic carbocycles. The Morgan fingerprint density at radius 1 is 1.35 bits per heavy atom. The topological polar surface area (TPSA) is 58.1 Å². The lowest BCUT2D eigenvalue weighted by Crippen LogP contribution is -2.39. The summed E-state index contributed by atoms with van der Waals surface area (Å²) in [5.41, 5.74) is 2.34. The number of nitrogens with zero attached hydrogens (tertiary/aromatic N) is 3. The minimum Gasteiger partial charge on any atom is -0.358 e. The summed E-state index contributed by atoms with van der Waals surface area (Å²) in [6, 6.07) is -0.262. The average Bonchev–Trinajstić information content (AvgIpc) is 2.71. The van der Waals surface area contributed by atoms with Crippen LogP contribution in [0.25, 0.3) is 0 Å². The fraction of sp³-hybridized carbons (Fsp3) is 0.667. The zero-order valence-electron chi connectivity index (χ0n) is 12.6. The molecule has 1 atom stereocenters. The third kappa shape index (κ3) is 3.26. The minimum absolute atomic E-state index is 0.0912. The van der Waals surface area contributed by atoms with Gasteiger partial charge in [0, 0.05) is 24.8 Å². The van der Waals surface area contributed by atoms with Crippen LogP contribution >= 0.6 is 0 Å². The molecule has 1 N–H and O–H groups in total. The Bertz CT molecular complexity index is 475. The van der Waals surface area contributed by atoms with Crippen LogP contribution in [-0.4, -0.2) is 40.4 Å². The lowest BCUT2D eigenvalue weighted by Gasteiger charge is -2.22. The Hall–Kier alpha value is -1.65. The molecule has 20 heavy (non-hydrogen) atoms. The Morgan fingerprint density at radius 3 is 2.85 bits per heavy atom. The van der Waals surface area contributed by atoms with Gasteiger partial charge in [-0.2, -0.15) is 0 Å². The first-order valence-corrected chi connectivity index (χ1v) is 7.47. The monoisotopic (exact) mass is 276 g/mol. The fourth-order valence-electron chi connectivity index (χ4n) is 2.58. The Labute approximate surface area is 120 Å². The molecule has 0 spiro atoms. The number of hydrogen-bond acceptors (Lipinski definition) is 4. The molecule has 5 heteroatoms. The average molecular weight is 276 g/mol. The van der Waals surface area contributed by atoms with Gasteiger partial charge in [-0.25, -0.2) is 9.97 Å². The van der Waals surface area contributed by atoms with Crippen LogP contribution < -0.4 is 5.32 Å². The van der Waals surface area contributed by atoms with Crippen molar-refractivity contribution in [2.24, 2.45) is 0 Å². The van der Waals surface area contributed by atoms with E-state index in [4.69, 9.17) is 0 Å². The van der Waals surface area contributed by atoms with Crippen molar-refractivity contribution < 1.29 is 4.79 Å². The van der Waals surface area contributed by atoms with E-state index in [9.17, 15) is 4.79 Å². The molecule has 0 saturated heterocycles. The van der Waals surface area contributed by atoms with Gasteiger partial charge in [-0.05, 0) is 39.5 Å². The van der Waals surface area contributed by atoms with Crippen LogP contribution in [0.3, 0.4) is 0 Å². The van der Waals surface area contributed by atoms with Crippen LogP contribution in [0, 0.1) is 0 Å². The molecule has 110 valence electrons. The predicted molar refractivity (Wildman–Crippen MR) is 79.7 cm³/mol. The highest BCUT2D eigenvalue weighted by atomic mass is 16.2. The van der Waals surface area contributed by atoms with Crippen molar-refractivity contribution >= 4 is 11.7 Å². The van der Waals surface area contributed by atoms with Crippen LogP contribution in [0.4, 0.5) is 5.82 Å². The summed E-state index contributed by atoms with van der Waals surface area (Å²) < 4.78 is 0. The first-order valence-electron chi connectivity index (χ1n) is 7.47. The largest absolute Gasteiger partial charge is 0.358 e. The van der Waals surface area contributed by atoms with E-state index in [0.717, 1.165) is 24.4 Å². The number of aryl methyl sites for hydroxylation is 1. The van der Waals surface area contributed by atoms with Crippen molar-refractivity contribution in [3.8, 4) is 0 Å². The molecular formula is C15H24N4O. The summed E-state index contributed by atoms with van der Waals surface area (Å²) in [7, 11) is 1.82. The number of fused-ring (bicyclic) bond motifs is 1. The van der Waals surface area contributed by atoms with Crippen molar-refractivity contribution in [3.63, 3.8) is 0 Å². The van der Waals surface area contributed by atoms with Gasteiger partial charge in [0.25, 0.3) is 0 Å². The lowest BCUT2D eigenvalue weighted by molar-refractivity contribution is -0.130. The van der Waals surface area contributed by atoms with Crippen molar-refractivity contribution in [3.05, 3.63) is 17.6 Å². The van der Waals surface area contributed by atoms with Crippen molar-refractivity contribution in [2.75, 3.05) is 18.9 Å². The summed E-state index contributed by atoms with van der Waals surface area (Å²) >= 11 is 0. The summed E-state index contributed by atoms with van der Waals surface area (Å²) in [6.45, 7) is 4.58. The Morgan fingerprint density at radius 2 is 2.10 bits per heavy atom. The highest BCUT2D eigenvalue weighted by Crippen LogP contribution is 2.24. The van der Waals surface area contributed by atoms with Crippen LogP contribution in [-0.2, 0) is 17.6 Å². The van der Waals surface area contributed by atoms with Gasteiger partial charge < -0.3 is 10.2 Å². The first kappa shape index (κ1) is 14.8. The molecule has 1 aromatic heterocycles. The molecule has 2 rings (SSSR count). The van der Waals surface area contributed by atoms with Gasteiger partial charge in [-0.3, -0.25) is 4.79 Å². The summed E-state index contributed by atoms with van der Waals surface area (Å²) in [4.78, 5) is 22.6. The van der Waals surface area contributed by atoms with Gasteiger partial charge in [0.2, 0.25) is 5.91 Å². The lowest BCUT2D eigenvalue weighted by atomic mass is 10.1. The summed E-state index contributed by atoms with van der Waals surface area (Å²) in [6.07, 6.45) is 7.23. The van der Waals surface area contributed by atoms with Crippen LogP contribution in [0.1, 0.15) is 44.4 Å². The van der Waals surface area contributed by atoms with Crippen molar-refractivity contribution in [1.82, 2.24) is 14.9 Å². The molecule has 0 fully saturated rings. The standard InChI is InChI=1S/C15H24N4O/c1-4-19(3)15(20)11(2)18-14-12-8-6-5-7-9-13(12)16-10-17-14/h10-11H,4-9H2,1-3H3,(H,16,17,18). The zero-order valence-corrected chi connectivity index (χ0v) is 12.6. The second-order valence-electron chi connectivity index (χ2n) is 5.43. The third-order valence-corrected chi connectivity index (χ3v) is 3.95. The normalized spacial score (nSPS) is 15.9. The molecule has 1 aromatic rings. The SMILES string of the molecule is CCN(C)C(=O)C(C)Nc1ncnc2c1CCCCC2. The Balaban J connectivity index is 2.15. The van der Waals surface area contributed by atoms with E-state index < -0.39 is 0 Å². The second-order valence-corrected chi connectivity index (χ2v) is 5.43. The number of amides is 1. The molecule has 5 nitrogen and oxygen atoms in total. The smallest absolute Gasteiger partial charge is 0.244 e. The highest BCUT2D eigenvalue weighted by molar-refractivity contribution is 5.84. The molecule has 1 heterocycles. The van der Waals surface area contributed by atoms with E-state index in [1.54, 1.807) is 11.2 Å². The molecular weight excluding hydrogens is 252 g/mol. The number of nitrogens with one attached hydrogen (secondary N) is 1. The van der Waals surface area contributed by atoms with Crippen LogP contribution in [0.2, 0.25) is 0 Å². The molecule has 0 bridgehead atoms. The van der Waals surface area contributed by atoms with E-state index in [0.29, 0.717) is 6.54 Å². The maximum absolute atomic E-state index is 12.1. The van der Waals surface area contributed by atoms with Gasteiger partial charge in [0.15, 0.2) is 0 Å². The zero-order chi connectivity index (χ0) is 14.5. The number of anilines is 1. The van der Waals surface area contributed by atoms with Gasteiger partial charge in [0.1, 0.15) is 18.2 Å². The van der Waals surface area contributed by atoms with Gasteiger partial charge >= 0.3 is 0 Å². The second kappa shape index (κ2) is 6.68. The van der Waals surface area contributed by atoms with E-state index in [-0.39, 0.29) is 11.9 Å². The predicted octanol–water partition coefficient (Wildman–Crippen LogP) is 2.02. The van der Waals surface area contributed by atoms with E-state index in [1.807, 2.05) is 20.9 Å². The van der Waals surface area contributed by atoms with Crippen molar-refractivity contribution in [1.29, 1.82) is 0 Å². The number of carbonyl (C=O) groups is 1. The van der Waals surface area contributed by atoms with Crippen LogP contribution in [0.15, 0.2) is 6.33 Å². The van der Waals surface area contributed by atoms with E-state index >= 15 is 0 Å². The fourth-order valence-corrected chi connectivity index (χ4v) is 2.58. The molecule has 0 radical (unpaired) electrons. The summed E-state index contributed by atoms with van der Waals surface area (Å²) in [5, 5.41) is 3.27. The molecule has 0 saturated carbocycles. The maximum atomic E-state index is 12.1. The van der Waals surface area contributed by atoms with Gasteiger partial charge in [-0.1, -0.05) is 6.42 Å². The number of carbonyl (C=O) groups excluding carboxylic acids is 1. The van der Waals surface area contributed by atoms with E-state index in [2.05, 4.69) is 15.3 Å². The Kier molecular flexibility index (Phi) is 4.93. The highest BCUT2D eigenvalue weighted by Gasteiger charge is 2.20. The number of likely N-dealkylation sites (N-methyl/N-ethyl adjacent to an activating group) is 1. The van der Waals surface area contributed by atoms with Gasteiger partial charge in [0.05, 0.1) is 0 Å². The number of rotatable bonds is 4. The molecule has 1 amide bonds. The minimum atomic E-state index is -0.262. The third-order valence-electron chi connectivity index (χ3n) is 3.95. The van der Waals surface area contributed by atoms with Gasteiger partial charge in [-0.15, -0.1) is 0 Å². The first-order chi connectivity index (χ1) is 9.63. The molecule has 0 aliphatic heterocycles. The molecule has 0 aromatic carbocycles. The quantitative estimate of drug-likeness (QED) is 0.855. The van der Waals surface area contributed by atoms with E-state index in [1.165, 1.54) is 24.8 Å². The molecule has 1 unspecified atom stereocenters. The maximum Gasteiger partial charge on any atom is 0.244 e. The van der Waals surface area contributed by atoms with Crippen molar-refractivity contribution in [2.45, 2.75) is 52.0 Å². The molecule has 1 aliphatic rings. The van der Waals surface area contributed by atoms with Crippen LogP contribution in [0.5, 0.6) is 0 Å². The summed E-state index contributed by atoms with van der Waals surface area (Å²) in [5.74, 6) is 0.927. The number of aromatic nitrogens is 2. The number of hydrogen-bond donors (Lipinski definition) is 1.